The molecule has 5 rings (SSSR count). The molecular formula is C20H13N5OS. The first-order valence-electron chi connectivity index (χ1n) is 8.34. The second-order valence-electron chi connectivity index (χ2n) is 5.95. The highest BCUT2D eigenvalue weighted by molar-refractivity contribution is 7.11. The smallest absolute Gasteiger partial charge is 0.267 e. The minimum absolute atomic E-state index is 0.202. The van der Waals surface area contributed by atoms with Crippen molar-refractivity contribution in [1.29, 1.82) is 0 Å². The molecule has 6 nitrogen and oxygen atoms in total. The van der Waals surface area contributed by atoms with Gasteiger partial charge in [-0.15, -0.1) is 16.4 Å². The molecule has 0 fully saturated rings. The lowest BCUT2D eigenvalue weighted by molar-refractivity contribution is 0.892. The van der Waals surface area contributed by atoms with Gasteiger partial charge >= 0.3 is 0 Å². The molecule has 0 atom stereocenters. The summed E-state index contributed by atoms with van der Waals surface area (Å²) in [6.07, 6.45) is 1.73. The summed E-state index contributed by atoms with van der Waals surface area (Å²) in [5, 5.41) is 13.0. The van der Waals surface area contributed by atoms with Gasteiger partial charge in [0.25, 0.3) is 5.56 Å². The second-order valence-corrected chi connectivity index (χ2v) is 6.93. The maximum absolute atomic E-state index is 12.9. The van der Waals surface area contributed by atoms with Crippen LogP contribution in [0.1, 0.15) is 4.88 Å². The number of fused-ring (bicyclic) bond motifs is 4. The number of hydrazone groups is 1. The predicted octanol–water partition coefficient (Wildman–Crippen LogP) is 3.90. The highest BCUT2D eigenvalue weighted by atomic mass is 32.1. The average Bonchev–Trinajstić information content (AvgIpc) is 3.22. The van der Waals surface area contributed by atoms with Gasteiger partial charge in [-0.2, -0.15) is 9.62 Å². The van der Waals surface area contributed by atoms with E-state index < -0.39 is 0 Å². The highest BCUT2D eigenvalue weighted by Crippen LogP contribution is 2.24. The van der Waals surface area contributed by atoms with Gasteiger partial charge in [-0.05, 0) is 23.6 Å². The molecule has 0 aliphatic heterocycles. The molecule has 27 heavy (non-hydrogen) atoms. The van der Waals surface area contributed by atoms with Gasteiger partial charge in [-0.25, -0.2) is 4.98 Å². The Labute approximate surface area is 157 Å². The van der Waals surface area contributed by atoms with Gasteiger partial charge in [0, 0.05) is 15.6 Å². The summed E-state index contributed by atoms with van der Waals surface area (Å²) in [5.41, 5.74) is 3.96. The number of benzene rings is 2. The molecule has 0 spiro atoms. The Morgan fingerprint density at radius 1 is 0.963 bits per heavy atom. The van der Waals surface area contributed by atoms with Crippen LogP contribution in [-0.4, -0.2) is 20.8 Å². The van der Waals surface area contributed by atoms with E-state index in [4.69, 9.17) is 0 Å². The summed E-state index contributed by atoms with van der Waals surface area (Å²) in [4.78, 5) is 18.6. The summed E-state index contributed by atoms with van der Waals surface area (Å²) in [7, 11) is 0. The van der Waals surface area contributed by atoms with Crippen molar-refractivity contribution in [2.75, 3.05) is 5.43 Å². The van der Waals surface area contributed by atoms with Crippen molar-refractivity contribution in [3.8, 4) is 0 Å². The van der Waals surface area contributed by atoms with Crippen molar-refractivity contribution in [3.05, 3.63) is 81.3 Å². The van der Waals surface area contributed by atoms with Crippen molar-refractivity contribution in [3.63, 3.8) is 0 Å². The molecule has 0 bridgehead atoms. The maximum atomic E-state index is 12.9. The largest absolute Gasteiger partial charge is 0.282 e. The van der Waals surface area contributed by atoms with Crippen LogP contribution in [0, 0.1) is 0 Å². The highest BCUT2D eigenvalue weighted by Gasteiger charge is 2.12. The molecule has 0 unspecified atom stereocenters. The van der Waals surface area contributed by atoms with Crippen molar-refractivity contribution < 1.29 is 0 Å². The number of nitrogens with zero attached hydrogens (tertiary/aromatic N) is 4. The van der Waals surface area contributed by atoms with Crippen LogP contribution >= 0.6 is 11.3 Å². The fraction of sp³-hybridized carbons (Fsp3) is 0. The Kier molecular flexibility index (Phi) is 3.65. The molecule has 3 aromatic heterocycles. The maximum Gasteiger partial charge on any atom is 0.282 e. The molecule has 0 aliphatic carbocycles. The van der Waals surface area contributed by atoms with E-state index in [-0.39, 0.29) is 5.56 Å². The molecule has 1 N–H and O–H groups in total. The molecule has 3 heterocycles. The van der Waals surface area contributed by atoms with E-state index in [1.54, 1.807) is 23.6 Å². The van der Waals surface area contributed by atoms with Crippen LogP contribution in [0.4, 0.5) is 5.82 Å². The molecule has 7 heteroatoms. The monoisotopic (exact) mass is 371 g/mol. The van der Waals surface area contributed by atoms with E-state index in [1.165, 1.54) is 4.52 Å². The van der Waals surface area contributed by atoms with Crippen LogP contribution in [0.5, 0.6) is 0 Å². The zero-order valence-corrected chi connectivity index (χ0v) is 14.9. The fourth-order valence-corrected chi connectivity index (χ4v) is 3.62. The second kappa shape index (κ2) is 6.30. The van der Waals surface area contributed by atoms with Gasteiger partial charge < -0.3 is 0 Å². The molecule has 130 valence electrons. The quantitative estimate of drug-likeness (QED) is 0.226. The Hall–Kier alpha value is -3.58. The number of anilines is 1. The van der Waals surface area contributed by atoms with Crippen LogP contribution in [0.25, 0.3) is 27.3 Å². The topological polar surface area (TPSA) is 71.7 Å². The number of nitrogens with one attached hydrogen (secondary N) is 1. The van der Waals surface area contributed by atoms with Gasteiger partial charge in [0.15, 0.2) is 11.5 Å². The molecular weight excluding hydrogens is 358 g/mol. The van der Waals surface area contributed by atoms with Crippen LogP contribution in [0.2, 0.25) is 0 Å². The summed E-state index contributed by atoms with van der Waals surface area (Å²) in [6, 6.07) is 18.9. The minimum atomic E-state index is -0.202. The van der Waals surface area contributed by atoms with E-state index in [2.05, 4.69) is 20.6 Å². The molecule has 2 aromatic carbocycles. The normalized spacial score (nSPS) is 11.7. The first kappa shape index (κ1) is 15.7. The molecule has 0 amide bonds. The van der Waals surface area contributed by atoms with Crippen molar-refractivity contribution >= 4 is 50.7 Å². The van der Waals surface area contributed by atoms with Crippen LogP contribution in [0.3, 0.4) is 0 Å². The summed E-state index contributed by atoms with van der Waals surface area (Å²) >= 11 is 1.59. The Balaban J connectivity index is 1.76. The molecule has 0 saturated heterocycles. The lowest BCUT2D eigenvalue weighted by Crippen LogP contribution is -2.19. The predicted molar refractivity (Wildman–Crippen MR) is 110 cm³/mol. The van der Waals surface area contributed by atoms with Crippen LogP contribution in [0.15, 0.2) is 75.9 Å². The molecule has 5 aromatic rings. The first-order chi connectivity index (χ1) is 13.3. The van der Waals surface area contributed by atoms with Gasteiger partial charge in [0.05, 0.1) is 17.1 Å². The third kappa shape index (κ3) is 2.65. The summed E-state index contributed by atoms with van der Waals surface area (Å²) in [5.74, 6) is 0.505. The number of hydrogen-bond acceptors (Lipinski definition) is 6. The Morgan fingerprint density at radius 2 is 1.74 bits per heavy atom. The third-order valence-corrected chi connectivity index (χ3v) is 5.09. The fourth-order valence-electron chi connectivity index (χ4n) is 3.03. The molecule has 0 aliphatic rings. The van der Waals surface area contributed by atoms with Crippen molar-refractivity contribution in [1.82, 2.24) is 14.6 Å². The summed E-state index contributed by atoms with van der Waals surface area (Å²) < 4.78 is 1.34. The number of thiophene rings is 1. The minimum Gasteiger partial charge on any atom is -0.267 e. The van der Waals surface area contributed by atoms with E-state index >= 15 is 0 Å². The van der Waals surface area contributed by atoms with E-state index in [0.717, 1.165) is 15.6 Å². The van der Waals surface area contributed by atoms with Crippen molar-refractivity contribution in [2.45, 2.75) is 0 Å². The molecule has 0 radical (unpaired) electrons. The first-order valence-corrected chi connectivity index (χ1v) is 9.22. The zero-order chi connectivity index (χ0) is 18.2. The zero-order valence-electron chi connectivity index (χ0n) is 14.0. The lowest BCUT2D eigenvalue weighted by Gasteiger charge is -2.09. The van der Waals surface area contributed by atoms with Crippen LogP contribution in [-0.2, 0) is 0 Å². The Bertz CT molecular complexity index is 1370. The summed E-state index contributed by atoms with van der Waals surface area (Å²) in [6.45, 7) is 0. The van der Waals surface area contributed by atoms with Gasteiger partial charge in [-0.1, -0.05) is 42.5 Å². The van der Waals surface area contributed by atoms with Crippen molar-refractivity contribution in [2.24, 2.45) is 5.10 Å². The number of para-hydroxylation sites is 1. The SMILES string of the molecule is O=c1c2ccccc2nc2c3ccccc3c(NN=Cc3cccs3)nn12. The number of aromatic nitrogens is 3. The van der Waals surface area contributed by atoms with Gasteiger partial charge in [-0.3, -0.25) is 10.2 Å². The molecule has 0 saturated carbocycles. The Morgan fingerprint density at radius 3 is 2.56 bits per heavy atom. The lowest BCUT2D eigenvalue weighted by atomic mass is 10.1. The van der Waals surface area contributed by atoms with Gasteiger partial charge in [0.1, 0.15) is 0 Å². The standard InChI is InChI=1S/C20H13N5OS/c26-20-16-9-3-4-10-17(16)22-19-15-8-2-1-7-14(15)18(24-25(19)20)23-21-12-13-6-5-11-27-13/h1-12H,(H,23,24). The van der Waals surface area contributed by atoms with E-state index in [9.17, 15) is 4.79 Å². The van der Waals surface area contributed by atoms with E-state index in [0.29, 0.717) is 22.4 Å². The van der Waals surface area contributed by atoms with Crippen LogP contribution < -0.4 is 11.0 Å². The average molecular weight is 371 g/mol. The van der Waals surface area contributed by atoms with E-state index in [1.807, 2.05) is 60.0 Å². The number of rotatable bonds is 3. The van der Waals surface area contributed by atoms with Gasteiger partial charge in [0.2, 0.25) is 0 Å². The third-order valence-electron chi connectivity index (χ3n) is 4.28. The number of hydrogen-bond donors (Lipinski definition) is 1.